The van der Waals surface area contributed by atoms with Gasteiger partial charge in [0.05, 0.1) is 12.8 Å². The number of pyridine rings is 1. The molecular formula is C11H15NO. The Labute approximate surface area is 78.9 Å². The SMILES string of the molecule is CCOc1cnc2c(c1)CCCC2. The van der Waals surface area contributed by atoms with E-state index in [-0.39, 0.29) is 0 Å². The van der Waals surface area contributed by atoms with Crippen molar-refractivity contribution in [2.45, 2.75) is 32.6 Å². The van der Waals surface area contributed by atoms with E-state index in [1.165, 1.54) is 30.5 Å². The number of nitrogens with zero attached hydrogens (tertiary/aromatic N) is 1. The lowest BCUT2D eigenvalue weighted by Crippen LogP contribution is -2.05. The summed E-state index contributed by atoms with van der Waals surface area (Å²) in [7, 11) is 0. The van der Waals surface area contributed by atoms with E-state index in [0.717, 1.165) is 18.8 Å². The predicted molar refractivity (Wildman–Crippen MR) is 52.0 cm³/mol. The van der Waals surface area contributed by atoms with E-state index in [2.05, 4.69) is 11.1 Å². The van der Waals surface area contributed by atoms with Crippen molar-refractivity contribution in [1.82, 2.24) is 4.98 Å². The standard InChI is InChI=1S/C11H15NO/c1-2-13-10-7-9-5-3-4-6-11(9)12-8-10/h7-8H,2-6H2,1H3. The normalized spacial score (nSPS) is 15.2. The number of fused-ring (bicyclic) bond motifs is 1. The lowest BCUT2D eigenvalue weighted by Gasteiger charge is -2.15. The largest absolute Gasteiger partial charge is 0.492 e. The Morgan fingerprint density at radius 1 is 1.38 bits per heavy atom. The van der Waals surface area contributed by atoms with Crippen molar-refractivity contribution >= 4 is 0 Å². The molecule has 0 spiro atoms. The average Bonchev–Trinajstić information content (AvgIpc) is 2.18. The summed E-state index contributed by atoms with van der Waals surface area (Å²) < 4.78 is 5.41. The summed E-state index contributed by atoms with van der Waals surface area (Å²) in [6.45, 7) is 2.72. The van der Waals surface area contributed by atoms with Crippen LogP contribution in [-0.2, 0) is 12.8 Å². The van der Waals surface area contributed by atoms with Gasteiger partial charge in [0.25, 0.3) is 0 Å². The molecule has 1 aliphatic rings. The molecule has 1 aromatic heterocycles. The molecule has 0 fully saturated rings. The Hall–Kier alpha value is -1.05. The first kappa shape index (κ1) is 8.54. The highest BCUT2D eigenvalue weighted by molar-refractivity contribution is 5.30. The van der Waals surface area contributed by atoms with Gasteiger partial charge in [-0.15, -0.1) is 0 Å². The van der Waals surface area contributed by atoms with Crippen molar-refractivity contribution in [3.63, 3.8) is 0 Å². The topological polar surface area (TPSA) is 22.1 Å². The molecule has 0 aliphatic heterocycles. The molecule has 0 saturated carbocycles. The molecule has 0 amide bonds. The molecule has 1 heterocycles. The zero-order chi connectivity index (χ0) is 9.10. The number of aryl methyl sites for hydroxylation is 2. The Kier molecular flexibility index (Phi) is 2.48. The van der Waals surface area contributed by atoms with Crippen LogP contribution in [0.25, 0.3) is 0 Å². The van der Waals surface area contributed by atoms with Crippen LogP contribution in [0.5, 0.6) is 5.75 Å². The summed E-state index contributed by atoms with van der Waals surface area (Å²) in [6.07, 6.45) is 6.73. The summed E-state index contributed by atoms with van der Waals surface area (Å²) >= 11 is 0. The number of hydrogen-bond donors (Lipinski definition) is 0. The third-order valence-electron chi connectivity index (χ3n) is 2.46. The monoisotopic (exact) mass is 177 g/mol. The highest BCUT2D eigenvalue weighted by atomic mass is 16.5. The van der Waals surface area contributed by atoms with Gasteiger partial charge >= 0.3 is 0 Å². The van der Waals surface area contributed by atoms with Gasteiger partial charge < -0.3 is 4.74 Å². The lowest BCUT2D eigenvalue weighted by molar-refractivity contribution is 0.338. The van der Waals surface area contributed by atoms with E-state index >= 15 is 0 Å². The van der Waals surface area contributed by atoms with Crippen molar-refractivity contribution in [3.05, 3.63) is 23.5 Å². The van der Waals surface area contributed by atoms with E-state index in [9.17, 15) is 0 Å². The first-order chi connectivity index (χ1) is 6.40. The maximum atomic E-state index is 5.41. The predicted octanol–water partition coefficient (Wildman–Crippen LogP) is 2.36. The molecule has 2 heteroatoms. The van der Waals surface area contributed by atoms with Crippen LogP contribution in [0.3, 0.4) is 0 Å². The molecular weight excluding hydrogens is 162 g/mol. The van der Waals surface area contributed by atoms with Gasteiger partial charge in [-0.05, 0) is 44.2 Å². The van der Waals surface area contributed by atoms with Crippen LogP contribution in [0.2, 0.25) is 0 Å². The molecule has 2 rings (SSSR count). The highest BCUT2D eigenvalue weighted by Gasteiger charge is 2.10. The molecule has 0 aromatic carbocycles. The first-order valence-electron chi connectivity index (χ1n) is 5.00. The molecule has 0 N–H and O–H groups in total. The van der Waals surface area contributed by atoms with Gasteiger partial charge in [-0.2, -0.15) is 0 Å². The zero-order valence-corrected chi connectivity index (χ0v) is 8.05. The highest BCUT2D eigenvalue weighted by Crippen LogP contribution is 2.22. The van der Waals surface area contributed by atoms with Crippen molar-refractivity contribution in [2.75, 3.05) is 6.61 Å². The van der Waals surface area contributed by atoms with Gasteiger partial charge in [0, 0.05) is 5.69 Å². The second kappa shape index (κ2) is 3.77. The molecule has 0 radical (unpaired) electrons. The molecule has 0 saturated heterocycles. The average molecular weight is 177 g/mol. The summed E-state index contributed by atoms with van der Waals surface area (Å²) in [6, 6.07) is 2.14. The number of rotatable bonds is 2. The number of ether oxygens (including phenoxy) is 1. The van der Waals surface area contributed by atoms with Gasteiger partial charge in [0.15, 0.2) is 0 Å². The summed E-state index contributed by atoms with van der Waals surface area (Å²) in [4.78, 5) is 4.41. The maximum absolute atomic E-state index is 5.41. The van der Waals surface area contributed by atoms with Gasteiger partial charge in [0.1, 0.15) is 5.75 Å². The van der Waals surface area contributed by atoms with Gasteiger partial charge in [-0.3, -0.25) is 4.98 Å². The Morgan fingerprint density at radius 3 is 3.08 bits per heavy atom. The molecule has 0 atom stereocenters. The van der Waals surface area contributed by atoms with Crippen molar-refractivity contribution < 1.29 is 4.74 Å². The van der Waals surface area contributed by atoms with Gasteiger partial charge in [0.2, 0.25) is 0 Å². The Balaban J connectivity index is 2.24. The minimum Gasteiger partial charge on any atom is -0.492 e. The van der Waals surface area contributed by atoms with Gasteiger partial charge in [-0.1, -0.05) is 0 Å². The molecule has 1 aliphatic carbocycles. The van der Waals surface area contributed by atoms with E-state index in [4.69, 9.17) is 4.74 Å². The van der Waals surface area contributed by atoms with Crippen LogP contribution in [0, 0.1) is 0 Å². The fourth-order valence-corrected chi connectivity index (χ4v) is 1.81. The lowest BCUT2D eigenvalue weighted by atomic mass is 9.96. The van der Waals surface area contributed by atoms with Crippen molar-refractivity contribution in [3.8, 4) is 5.75 Å². The summed E-state index contributed by atoms with van der Waals surface area (Å²) in [5, 5.41) is 0. The first-order valence-corrected chi connectivity index (χ1v) is 5.00. The molecule has 70 valence electrons. The molecule has 13 heavy (non-hydrogen) atoms. The van der Waals surface area contributed by atoms with Crippen LogP contribution in [0.1, 0.15) is 31.0 Å². The molecule has 0 bridgehead atoms. The van der Waals surface area contributed by atoms with E-state index in [0.29, 0.717) is 0 Å². The second-order valence-electron chi connectivity index (χ2n) is 3.42. The minimum absolute atomic E-state index is 0.723. The quantitative estimate of drug-likeness (QED) is 0.691. The van der Waals surface area contributed by atoms with Crippen LogP contribution in [0.15, 0.2) is 12.3 Å². The molecule has 2 nitrogen and oxygen atoms in total. The van der Waals surface area contributed by atoms with Crippen LogP contribution < -0.4 is 4.74 Å². The molecule has 0 unspecified atom stereocenters. The fourth-order valence-electron chi connectivity index (χ4n) is 1.81. The van der Waals surface area contributed by atoms with Crippen molar-refractivity contribution in [1.29, 1.82) is 0 Å². The van der Waals surface area contributed by atoms with E-state index < -0.39 is 0 Å². The Morgan fingerprint density at radius 2 is 2.23 bits per heavy atom. The van der Waals surface area contributed by atoms with Crippen LogP contribution in [-0.4, -0.2) is 11.6 Å². The second-order valence-corrected chi connectivity index (χ2v) is 3.42. The Bertz CT molecular complexity index is 296. The summed E-state index contributed by atoms with van der Waals surface area (Å²) in [5.41, 5.74) is 2.66. The van der Waals surface area contributed by atoms with Gasteiger partial charge in [-0.25, -0.2) is 0 Å². The molecule has 1 aromatic rings. The number of aromatic nitrogens is 1. The zero-order valence-electron chi connectivity index (χ0n) is 8.05. The maximum Gasteiger partial charge on any atom is 0.137 e. The van der Waals surface area contributed by atoms with Crippen molar-refractivity contribution in [2.24, 2.45) is 0 Å². The fraction of sp³-hybridized carbons (Fsp3) is 0.545. The minimum atomic E-state index is 0.723. The van der Waals surface area contributed by atoms with Crippen LogP contribution >= 0.6 is 0 Å². The summed E-state index contributed by atoms with van der Waals surface area (Å²) in [5.74, 6) is 0.920. The third kappa shape index (κ3) is 1.82. The van der Waals surface area contributed by atoms with E-state index in [1.807, 2.05) is 13.1 Å². The smallest absolute Gasteiger partial charge is 0.137 e. The van der Waals surface area contributed by atoms with Crippen LogP contribution in [0.4, 0.5) is 0 Å². The third-order valence-corrected chi connectivity index (χ3v) is 2.46. The number of hydrogen-bond acceptors (Lipinski definition) is 2. The van der Waals surface area contributed by atoms with E-state index in [1.54, 1.807) is 0 Å².